The third-order valence-corrected chi connectivity index (χ3v) is 3.34. The first-order chi connectivity index (χ1) is 9.13. The van der Waals surface area contributed by atoms with Crippen molar-refractivity contribution < 1.29 is 14.3 Å². The number of esters is 1. The molecule has 0 saturated heterocycles. The summed E-state index contributed by atoms with van der Waals surface area (Å²) < 4.78 is 4.67. The standard InChI is InChI=1S/C16H22O3/c1-4-6-8-12(5-2)15(17)13-9-7-10-14(11-13)16(18)19-3/h7,9-12H,4-6,8H2,1-3H3. The largest absolute Gasteiger partial charge is 0.465 e. The van der Waals surface area contributed by atoms with Gasteiger partial charge in [-0.25, -0.2) is 4.79 Å². The average Bonchev–Trinajstić information content (AvgIpc) is 2.47. The van der Waals surface area contributed by atoms with Crippen LogP contribution in [-0.2, 0) is 4.74 Å². The van der Waals surface area contributed by atoms with Crippen molar-refractivity contribution in [1.29, 1.82) is 0 Å². The molecule has 0 bridgehead atoms. The molecule has 104 valence electrons. The van der Waals surface area contributed by atoms with E-state index in [-0.39, 0.29) is 11.7 Å². The third kappa shape index (κ3) is 4.19. The van der Waals surface area contributed by atoms with E-state index in [2.05, 4.69) is 11.7 Å². The van der Waals surface area contributed by atoms with Gasteiger partial charge in [0, 0.05) is 11.5 Å². The van der Waals surface area contributed by atoms with Crippen molar-refractivity contribution in [3.63, 3.8) is 0 Å². The first-order valence-electron chi connectivity index (χ1n) is 6.86. The number of benzene rings is 1. The minimum Gasteiger partial charge on any atom is -0.465 e. The molecule has 3 nitrogen and oxygen atoms in total. The fraction of sp³-hybridized carbons (Fsp3) is 0.500. The van der Waals surface area contributed by atoms with Crippen LogP contribution in [0.4, 0.5) is 0 Å². The van der Waals surface area contributed by atoms with Crippen LogP contribution in [0.25, 0.3) is 0 Å². The number of rotatable bonds is 7. The maximum atomic E-state index is 12.4. The van der Waals surface area contributed by atoms with E-state index in [1.807, 2.05) is 6.92 Å². The van der Waals surface area contributed by atoms with Gasteiger partial charge in [0.15, 0.2) is 5.78 Å². The fourth-order valence-electron chi connectivity index (χ4n) is 2.12. The van der Waals surface area contributed by atoms with E-state index in [0.29, 0.717) is 11.1 Å². The summed E-state index contributed by atoms with van der Waals surface area (Å²) in [5.41, 5.74) is 1.03. The molecule has 1 atom stereocenters. The number of Topliss-reactive ketones (excluding diaryl/α,β-unsaturated/α-hetero) is 1. The lowest BCUT2D eigenvalue weighted by molar-refractivity contribution is 0.0600. The summed E-state index contributed by atoms with van der Waals surface area (Å²) in [6.45, 7) is 4.15. The van der Waals surface area contributed by atoms with E-state index in [4.69, 9.17) is 0 Å². The number of unbranched alkanes of at least 4 members (excludes halogenated alkanes) is 1. The summed E-state index contributed by atoms with van der Waals surface area (Å²) in [4.78, 5) is 23.9. The van der Waals surface area contributed by atoms with E-state index in [1.165, 1.54) is 7.11 Å². The molecule has 1 unspecified atom stereocenters. The van der Waals surface area contributed by atoms with E-state index < -0.39 is 5.97 Å². The Morgan fingerprint density at radius 3 is 2.47 bits per heavy atom. The van der Waals surface area contributed by atoms with Crippen LogP contribution in [0.1, 0.15) is 60.2 Å². The van der Waals surface area contributed by atoms with Crippen LogP contribution < -0.4 is 0 Å². The van der Waals surface area contributed by atoms with Crippen LogP contribution in [0.5, 0.6) is 0 Å². The first-order valence-corrected chi connectivity index (χ1v) is 6.86. The number of carbonyl (C=O) groups excluding carboxylic acids is 2. The predicted molar refractivity (Wildman–Crippen MR) is 75.4 cm³/mol. The SMILES string of the molecule is CCCCC(CC)C(=O)c1cccc(C(=O)OC)c1. The summed E-state index contributed by atoms with van der Waals surface area (Å²) in [6.07, 6.45) is 3.89. The molecule has 0 amide bonds. The van der Waals surface area contributed by atoms with E-state index >= 15 is 0 Å². The van der Waals surface area contributed by atoms with Gasteiger partial charge in [-0.3, -0.25) is 4.79 Å². The Hall–Kier alpha value is -1.64. The zero-order valence-electron chi connectivity index (χ0n) is 11.9. The number of carbonyl (C=O) groups is 2. The van der Waals surface area contributed by atoms with Gasteiger partial charge in [-0.15, -0.1) is 0 Å². The lowest BCUT2D eigenvalue weighted by atomic mass is 9.90. The summed E-state index contributed by atoms with van der Waals surface area (Å²) >= 11 is 0. The van der Waals surface area contributed by atoms with Crippen LogP contribution in [0.2, 0.25) is 0 Å². The second kappa shape index (κ2) is 7.72. The molecular formula is C16H22O3. The molecule has 0 fully saturated rings. The van der Waals surface area contributed by atoms with Gasteiger partial charge >= 0.3 is 5.97 Å². The molecule has 0 aromatic heterocycles. The van der Waals surface area contributed by atoms with Gasteiger partial charge in [-0.1, -0.05) is 38.8 Å². The molecule has 0 spiro atoms. The van der Waals surface area contributed by atoms with Crippen molar-refractivity contribution >= 4 is 11.8 Å². The Balaban J connectivity index is 2.89. The Morgan fingerprint density at radius 2 is 1.89 bits per heavy atom. The molecule has 0 aliphatic rings. The smallest absolute Gasteiger partial charge is 0.337 e. The van der Waals surface area contributed by atoms with Crippen LogP contribution in [-0.4, -0.2) is 18.9 Å². The van der Waals surface area contributed by atoms with Crippen molar-refractivity contribution in [2.75, 3.05) is 7.11 Å². The van der Waals surface area contributed by atoms with E-state index in [9.17, 15) is 9.59 Å². The molecule has 0 aliphatic heterocycles. The van der Waals surface area contributed by atoms with Crippen molar-refractivity contribution in [1.82, 2.24) is 0 Å². The number of ketones is 1. The van der Waals surface area contributed by atoms with Gasteiger partial charge in [0.05, 0.1) is 12.7 Å². The normalized spacial score (nSPS) is 11.9. The fourth-order valence-corrected chi connectivity index (χ4v) is 2.12. The molecule has 1 rings (SSSR count). The highest BCUT2D eigenvalue weighted by atomic mass is 16.5. The highest BCUT2D eigenvalue weighted by Crippen LogP contribution is 2.19. The van der Waals surface area contributed by atoms with Gasteiger partial charge in [0.25, 0.3) is 0 Å². The molecule has 3 heteroatoms. The lowest BCUT2D eigenvalue weighted by Gasteiger charge is -2.13. The minimum absolute atomic E-state index is 0.0489. The molecule has 0 N–H and O–H groups in total. The monoisotopic (exact) mass is 262 g/mol. The molecule has 0 saturated carbocycles. The topological polar surface area (TPSA) is 43.4 Å². The van der Waals surface area contributed by atoms with E-state index in [0.717, 1.165) is 25.7 Å². The summed E-state index contributed by atoms with van der Waals surface area (Å²) in [6, 6.07) is 6.79. The Morgan fingerprint density at radius 1 is 1.21 bits per heavy atom. The molecule has 0 heterocycles. The maximum absolute atomic E-state index is 12.4. The number of methoxy groups -OCH3 is 1. The van der Waals surface area contributed by atoms with Crippen LogP contribution in [0.3, 0.4) is 0 Å². The first kappa shape index (κ1) is 15.4. The van der Waals surface area contributed by atoms with Crippen LogP contribution in [0, 0.1) is 5.92 Å². The molecule has 19 heavy (non-hydrogen) atoms. The highest BCUT2D eigenvalue weighted by molar-refractivity contribution is 6.00. The maximum Gasteiger partial charge on any atom is 0.337 e. The minimum atomic E-state index is -0.406. The molecule has 0 aliphatic carbocycles. The average molecular weight is 262 g/mol. The summed E-state index contributed by atoms with van der Waals surface area (Å²) in [7, 11) is 1.34. The molecular weight excluding hydrogens is 240 g/mol. The van der Waals surface area contributed by atoms with Crippen LogP contribution >= 0.6 is 0 Å². The van der Waals surface area contributed by atoms with Gasteiger partial charge < -0.3 is 4.74 Å². The molecule has 1 aromatic carbocycles. The highest BCUT2D eigenvalue weighted by Gasteiger charge is 2.18. The third-order valence-electron chi connectivity index (χ3n) is 3.34. The van der Waals surface area contributed by atoms with Crippen molar-refractivity contribution in [3.8, 4) is 0 Å². The number of hydrogen-bond donors (Lipinski definition) is 0. The van der Waals surface area contributed by atoms with Crippen molar-refractivity contribution in [3.05, 3.63) is 35.4 Å². The Labute approximate surface area is 115 Å². The summed E-state index contributed by atoms with van der Waals surface area (Å²) in [5.74, 6) is -0.231. The Bertz CT molecular complexity index is 437. The summed E-state index contributed by atoms with van der Waals surface area (Å²) in [5, 5.41) is 0. The number of ether oxygens (including phenoxy) is 1. The van der Waals surface area contributed by atoms with Gasteiger partial charge in [0.2, 0.25) is 0 Å². The van der Waals surface area contributed by atoms with Gasteiger partial charge in [0.1, 0.15) is 0 Å². The predicted octanol–water partition coefficient (Wildman–Crippen LogP) is 3.87. The quantitative estimate of drug-likeness (QED) is 0.553. The van der Waals surface area contributed by atoms with Gasteiger partial charge in [-0.2, -0.15) is 0 Å². The molecule has 0 radical (unpaired) electrons. The van der Waals surface area contributed by atoms with Crippen LogP contribution in [0.15, 0.2) is 24.3 Å². The van der Waals surface area contributed by atoms with E-state index in [1.54, 1.807) is 24.3 Å². The second-order valence-electron chi connectivity index (χ2n) is 4.68. The number of hydrogen-bond acceptors (Lipinski definition) is 3. The zero-order valence-corrected chi connectivity index (χ0v) is 11.9. The van der Waals surface area contributed by atoms with Crippen molar-refractivity contribution in [2.24, 2.45) is 5.92 Å². The van der Waals surface area contributed by atoms with Gasteiger partial charge in [-0.05, 0) is 25.0 Å². The zero-order chi connectivity index (χ0) is 14.3. The Kier molecular flexibility index (Phi) is 6.26. The second-order valence-corrected chi connectivity index (χ2v) is 4.68. The lowest BCUT2D eigenvalue weighted by Crippen LogP contribution is -2.15. The molecule has 1 aromatic rings. The van der Waals surface area contributed by atoms with Crippen molar-refractivity contribution in [2.45, 2.75) is 39.5 Å².